The lowest BCUT2D eigenvalue weighted by Crippen LogP contribution is -2.34. The fourth-order valence-corrected chi connectivity index (χ4v) is 4.77. The van der Waals surface area contributed by atoms with E-state index >= 15 is 0 Å². The van der Waals surface area contributed by atoms with E-state index in [4.69, 9.17) is 9.47 Å². The van der Waals surface area contributed by atoms with Gasteiger partial charge in [0.15, 0.2) is 11.6 Å². The molecule has 5 nitrogen and oxygen atoms in total. The predicted octanol–water partition coefficient (Wildman–Crippen LogP) is 5.93. The van der Waals surface area contributed by atoms with Gasteiger partial charge in [-0.25, -0.2) is 8.78 Å². The first-order chi connectivity index (χ1) is 18.0. The lowest BCUT2D eigenvalue weighted by molar-refractivity contribution is -0.143. The molecule has 0 aromatic heterocycles. The zero-order chi connectivity index (χ0) is 26.2. The molecule has 0 N–H and O–H groups in total. The molecule has 7 heteroatoms. The highest BCUT2D eigenvalue weighted by molar-refractivity contribution is 5.69. The summed E-state index contributed by atoms with van der Waals surface area (Å²) in [4.78, 5) is 15.9. The second-order valence-electron chi connectivity index (χ2n) is 9.22. The van der Waals surface area contributed by atoms with Crippen molar-refractivity contribution in [1.82, 2.24) is 0 Å². The van der Waals surface area contributed by atoms with Crippen molar-refractivity contribution in [3.05, 3.63) is 89.0 Å². The van der Waals surface area contributed by atoms with Crippen molar-refractivity contribution in [1.29, 1.82) is 0 Å². The van der Waals surface area contributed by atoms with Crippen LogP contribution in [-0.2, 0) is 28.9 Å². The van der Waals surface area contributed by atoms with Crippen LogP contribution in [0.1, 0.15) is 36.5 Å². The molecule has 0 amide bonds. The van der Waals surface area contributed by atoms with Crippen LogP contribution < -0.4 is 14.5 Å². The van der Waals surface area contributed by atoms with E-state index in [9.17, 15) is 13.6 Å². The number of aryl methyl sites for hydroxylation is 1. The Morgan fingerprint density at radius 2 is 1.86 bits per heavy atom. The van der Waals surface area contributed by atoms with Crippen LogP contribution in [0.25, 0.3) is 0 Å². The number of hydrogen-bond donors (Lipinski definition) is 0. The molecule has 1 aliphatic heterocycles. The zero-order valence-corrected chi connectivity index (χ0v) is 21.5. The molecule has 0 radical (unpaired) electrons. The molecule has 4 rings (SSSR count). The molecule has 0 unspecified atom stereocenters. The van der Waals surface area contributed by atoms with Gasteiger partial charge in [-0.3, -0.25) is 4.79 Å². The summed E-state index contributed by atoms with van der Waals surface area (Å²) in [6.07, 6.45) is 2.48. The third-order valence-electron chi connectivity index (χ3n) is 6.69. The molecule has 0 saturated heterocycles. The van der Waals surface area contributed by atoms with Crippen LogP contribution in [-0.4, -0.2) is 39.3 Å². The number of carbonyl (C=O) groups excluding carboxylic acids is 1. The number of carbonyl (C=O) groups is 1. The highest BCUT2D eigenvalue weighted by Crippen LogP contribution is 2.31. The Morgan fingerprint density at radius 3 is 2.65 bits per heavy atom. The molecule has 0 bridgehead atoms. The molecule has 1 heterocycles. The van der Waals surface area contributed by atoms with Crippen LogP contribution in [0.15, 0.2) is 60.7 Å². The number of rotatable bonds is 11. The van der Waals surface area contributed by atoms with Gasteiger partial charge in [0.1, 0.15) is 12.4 Å². The standard InChI is InChI=1S/C30H34F2N2O3/c1-3-36-30(35)16-14-22-13-15-24(20-27(22)32)33(2)21-23-8-6-11-28-25(23)9-7-17-34(28)18-19-37-29-12-5-4-10-26(29)31/h4-6,8,10-13,15,20H,3,7,9,14,16-19,21H2,1-2H3. The van der Waals surface area contributed by atoms with E-state index in [0.717, 1.165) is 25.1 Å². The summed E-state index contributed by atoms with van der Waals surface area (Å²) in [7, 11) is 1.95. The minimum absolute atomic E-state index is 0.165. The molecule has 3 aromatic carbocycles. The summed E-state index contributed by atoms with van der Waals surface area (Å²) in [6, 6.07) is 17.9. The Bertz CT molecular complexity index is 1220. The monoisotopic (exact) mass is 508 g/mol. The van der Waals surface area contributed by atoms with Gasteiger partial charge in [-0.15, -0.1) is 0 Å². The number of hydrogen-bond acceptors (Lipinski definition) is 5. The topological polar surface area (TPSA) is 42.0 Å². The van der Waals surface area contributed by atoms with E-state index in [2.05, 4.69) is 23.1 Å². The van der Waals surface area contributed by atoms with E-state index in [1.54, 1.807) is 31.2 Å². The fraction of sp³-hybridized carbons (Fsp3) is 0.367. The molecule has 3 aromatic rings. The summed E-state index contributed by atoms with van der Waals surface area (Å²) in [5.41, 5.74) is 4.95. The Kier molecular flexibility index (Phi) is 8.99. The molecule has 0 atom stereocenters. The lowest BCUT2D eigenvalue weighted by Gasteiger charge is -2.33. The van der Waals surface area contributed by atoms with Crippen molar-refractivity contribution < 1.29 is 23.0 Å². The molecule has 0 saturated carbocycles. The smallest absolute Gasteiger partial charge is 0.306 e. The number of esters is 1. The highest BCUT2D eigenvalue weighted by atomic mass is 19.1. The number of anilines is 2. The maximum absolute atomic E-state index is 14.8. The molecule has 1 aliphatic rings. The van der Waals surface area contributed by atoms with Gasteiger partial charge in [0, 0.05) is 37.9 Å². The van der Waals surface area contributed by atoms with Crippen LogP contribution in [0.3, 0.4) is 0 Å². The maximum Gasteiger partial charge on any atom is 0.306 e. The van der Waals surface area contributed by atoms with Gasteiger partial charge in [0.25, 0.3) is 0 Å². The third-order valence-corrected chi connectivity index (χ3v) is 6.69. The van der Waals surface area contributed by atoms with Crippen LogP contribution in [0.5, 0.6) is 5.75 Å². The van der Waals surface area contributed by atoms with E-state index in [1.807, 2.05) is 18.0 Å². The summed E-state index contributed by atoms with van der Waals surface area (Å²) >= 11 is 0. The van der Waals surface area contributed by atoms with Gasteiger partial charge in [-0.2, -0.15) is 0 Å². The maximum atomic E-state index is 14.8. The normalized spacial score (nSPS) is 12.7. The average Bonchev–Trinajstić information content (AvgIpc) is 2.89. The summed E-state index contributed by atoms with van der Waals surface area (Å²) in [6.45, 7) is 4.71. The second kappa shape index (κ2) is 12.6. The van der Waals surface area contributed by atoms with Gasteiger partial charge in [0.05, 0.1) is 13.2 Å². The SMILES string of the molecule is CCOC(=O)CCc1ccc(N(C)Cc2cccc3c2CCCN3CCOc2ccccc2F)cc1F. The minimum Gasteiger partial charge on any atom is -0.489 e. The first-order valence-corrected chi connectivity index (χ1v) is 12.8. The lowest BCUT2D eigenvalue weighted by atomic mass is 9.95. The quantitative estimate of drug-likeness (QED) is 0.301. The number of fused-ring (bicyclic) bond motifs is 1. The minimum atomic E-state index is -0.352. The van der Waals surface area contributed by atoms with Gasteiger partial charge in [-0.05, 0) is 73.2 Å². The molecular weight excluding hydrogens is 474 g/mol. The highest BCUT2D eigenvalue weighted by Gasteiger charge is 2.20. The van der Waals surface area contributed by atoms with Crippen molar-refractivity contribution in [3.8, 4) is 5.75 Å². The van der Waals surface area contributed by atoms with Crippen LogP contribution in [0.4, 0.5) is 20.2 Å². The molecule has 196 valence electrons. The molecule has 0 aliphatic carbocycles. The van der Waals surface area contributed by atoms with E-state index in [1.165, 1.54) is 28.9 Å². The van der Waals surface area contributed by atoms with Crippen LogP contribution in [0, 0.1) is 11.6 Å². The number of nitrogens with zero attached hydrogens (tertiary/aromatic N) is 2. The van der Waals surface area contributed by atoms with E-state index in [0.29, 0.717) is 38.3 Å². The largest absolute Gasteiger partial charge is 0.489 e. The van der Waals surface area contributed by atoms with Crippen molar-refractivity contribution >= 4 is 17.3 Å². The van der Waals surface area contributed by atoms with Gasteiger partial charge in [0.2, 0.25) is 0 Å². The number of halogens is 2. The summed E-state index contributed by atoms with van der Waals surface area (Å²) < 4.78 is 39.2. The second-order valence-corrected chi connectivity index (χ2v) is 9.22. The van der Waals surface area contributed by atoms with Crippen LogP contribution in [0.2, 0.25) is 0 Å². The Hall–Kier alpha value is -3.61. The zero-order valence-electron chi connectivity index (χ0n) is 21.5. The molecular formula is C30H34F2N2O3. The Morgan fingerprint density at radius 1 is 1.03 bits per heavy atom. The fourth-order valence-electron chi connectivity index (χ4n) is 4.77. The average molecular weight is 509 g/mol. The first-order valence-electron chi connectivity index (χ1n) is 12.8. The van der Waals surface area contributed by atoms with Crippen molar-refractivity contribution in [2.45, 2.75) is 39.2 Å². The number of benzene rings is 3. The molecule has 37 heavy (non-hydrogen) atoms. The summed E-state index contributed by atoms with van der Waals surface area (Å²) in [5, 5.41) is 0. The Balaban J connectivity index is 1.40. The van der Waals surface area contributed by atoms with Gasteiger partial charge < -0.3 is 19.3 Å². The van der Waals surface area contributed by atoms with Gasteiger partial charge in [-0.1, -0.05) is 30.3 Å². The van der Waals surface area contributed by atoms with Gasteiger partial charge >= 0.3 is 5.97 Å². The van der Waals surface area contributed by atoms with Crippen LogP contribution >= 0.6 is 0 Å². The third kappa shape index (κ3) is 6.79. The number of ether oxygens (including phenoxy) is 2. The molecule has 0 spiro atoms. The first kappa shape index (κ1) is 26.5. The van der Waals surface area contributed by atoms with Crippen molar-refractivity contribution in [2.75, 3.05) is 43.2 Å². The molecule has 0 fully saturated rings. The van der Waals surface area contributed by atoms with E-state index in [-0.39, 0.29) is 29.8 Å². The van der Waals surface area contributed by atoms with E-state index < -0.39 is 0 Å². The summed E-state index contributed by atoms with van der Waals surface area (Å²) in [5.74, 6) is -0.709. The van der Waals surface area contributed by atoms with Crippen molar-refractivity contribution in [2.24, 2.45) is 0 Å². The number of para-hydroxylation sites is 1. The van der Waals surface area contributed by atoms with Crippen molar-refractivity contribution in [3.63, 3.8) is 0 Å². The Labute approximate surface area is 217 Å². The predicted molar refractivity (Wildman–Crippen MR) is 142 cm³/mol.